The van der Waals surface area contributed by atoms with Crippen LogP contribution in [0.15, 0.2) is 66.7 Å². The zero-order valence-electron chi connectivity index (χ0n) is 20.0. The van der Waals surface area contributed by atoms with Gasteiger partial charge in [-0.25, -0.2) is 4.39 Å². The van der Waals surface area contributed by atoms with Crippen molar-refractivity contribution in [1.29, 1.82) is 0 Å². The number of carbonyl (C=O) groups is 1. The minimum atomic E-state index is -0.328. The zero-order chi connectivity index (χ0) is 24.2. The molecule has 0 radical (unpaired) electrons. The highest BCUT2D eigenvalue weighted by atomic mass is 19.1. The Morgan fingerprint density at radius 3 is 2.49 bits per heavy atom. The van der Waals surface area contributed by atoms with Crippen LogP contribution in [0.2, 0.25) is 0 Å². The Morgan fingerprint density at radius 2 is 1.77 bits per heavy atom. The molecule has 6 heteroatoms. The van der Waals surface area contributed by atoms with Crippen LogP contribution in [0.3, 0.4) is 0 Å². The van der Waals surface area contributed by atoms with Gasteiger partial charge in [0.05, 0.1) is 19.8 Å². The van der Waals surface area contributed by atoms with Gasteiger partial charge in [0, 0.05) is 17.3 Å². The van der Waals surface area contributed by atoms with Crippen molar-refractivity contribution in [2.45, 2.75) is 44.2 Å². The first kappa shape index (κ1) is 23.4. The van der Waals surface area contributed by atoms with E-state index in [1.165, 1.54) is 31.4 Å². The molecule has 2 aliphatic heterocycles. The van der Waals surface area contributed by atoms with Crippen LogP contribution in [0.4, 0.5) is 10.1 Å². The van der Waals surface area contributed by atoms with Gasteiger partial charge in [-0.3, -0.25) is 4.79 Å². The third kappa shape index (κ3) is 5.17. The van der Waals surface area contributed by atoms with Crippen LogP contribution in [-0.2, 0) is 6.42 Å². The number of benzene rings is 3. The van der Waals surface area contributed by atoms with E-state index in [0.717, 1.165) is 29.8 Å². The maximum Gasteiger partial charge on any atom is 0.259 e. The minimum absolute atomic E-state index is 0.105. The van der Waals surface area contributed by atoms with Crippen molar-refractivity contribution in [2.75, 3.05) is 25.2 Å². The van der Waals surface area contributed by atoms with Crippen molar-refractivity contribution in [3.8, 4) is 11.5 Å². The lowest BCUT2D eigenvalue weighted by atomic mass is 9.97. The molecule has 2 heterocycles. The van der Waals surface area contributed by atoms with Gasteiger partial charge in [0.1, 0.15) is 17.3 Å². The molecule has 2 unspecified atom stereocenters. The molecule has 1 N–H and O–H groups in total. The largest absolute Gasteiger partial charge is 0.497 e. The van der Waals surface area contributed by atoms with Crippen LogP contribution >= 0.6 is 0 Å². The van der Waals surface area contributed by atoms with Crippen LogP contribution in [0.1, 0.15) is 53.2 Å². The Morgan fingerprint density at radius 1 is 1.00 bits per heavy atom. The van der Waals surface area contributed by atoms with E-state index in [-0.39, 0.29) is 17.8 Å². The highest BCUT2D eigenvalue weighted by Crippen LogP contribution is 2.41. The average Bonchev–Trinajstić information content (AvgIpc) is 3.16. The van der Waals surface area contributed by atoms with E-state index in [1.807, 2.05) is 24.3 Å². The van der Waals surface area contributed by atoms with Crippen molar-refractivity contribution in [2.24, 2.45) is 0 Å². The Hall–Kier alpha value is -3.38. The number of methoxy groups -OCH3 is 1. The molecule has 0 aliphatic carbocycles. The molecule has 1 fully saturated rings. The van der Waals surface area contributed by atoms with E-state index in [0.29, 0.717) is 36.1 Å². The van der Waals surface area contributed by atoms with Crippen molar-refractivity contribution in [3.63, 3.8) is 0 Å². The highest BCUT2D eigenvalue weighted by Gasteiger charge is 2.38. The summed E-state index contributed by atoms with van der Waals surface area (Å²) in [5.74, 6) is 1.06. The number of ether oxygens (including phenoxy) is 2. The number of fused-ring (bicyclic) bond motifs is 1. The Balaban J connectivity index is 1.32. The van der Waals surface area contributed by atoms with Crippen LogP contribution in [-0.4, -0.2) is 32.2 Å². The number of amides is 1. The number of halogens is 1. The number of hydrogen-bond donors (Lipinski definition) is 1. The van der Waals surface area contributed by atoms with Gasteiger partial charge in [-0.2, -0.15) is 0 Å². The summed E-state index contributed by atoms with van der Waals surface area (Å²) in [5.41, 5.74) is 3.34. The molecule has 3 aromatic rings. The monoisotopic (exact) mass is 474 g/mol. The fraction of sp³-hybridized carbons (Fsp3) is 0.345. The number of piperidine rings is 1. The maximum atomic E-state index is 13.6. The van der Waals surface area contributed by atoms with Crippen molar-refractivity contribution in [3.05, 3.63) is 89.2 Å². The molecule has 5 nitrogen and oxygen atoms in total. The first-order valence-corrected chi connectivity index (χ1v) is 12.3. The molecular formula is C29H31FN2O3. The normalized spacial score (nSPS) is 19.5. The van der Waals surface area contributed by atoms with Crippen molar-refractivity contribution in [1.82, 2.24) is 5.32 Å². The standard InChI is InChI=1S/C29H31FN2O3/c1-34-25-13-14-26-27(19-25)29(33)32(23-9-7-21(30)8-10-23)28(26)18-20-5-11-24(12-6-20)35-17-15-22-4-2-3-16-31-22/h5-14,19,22,28,31H,2-4,15-18H2,1H3. The molecule has 1 saturated heterocycles. The molecule has 3 aromatic carbocycles. The summed E-state index contributed by atoms with van der Waals surface area (Å²) in [4.78, 5) is 15.2. The molecule has 0 bridgehead atoms. The van der Waals surface area contributed by atoms with E-state index in [4.69, 9.17) is 9.47 Å². The zero-order valence-corrected chi connectivity index (χ0v) is 20.0. The van der Waals surface area contributed by atoms with E-state index in [2.05, 4.69) is 17.4 Å². The number of rotatable bonds is 8. The summed E-state index contributed by atoms with van der Waals surface area (Å²) < 4.78 is 24.9. The van der Waals surface area contributed by atoms with E-state index < -0.39 is 0 Å². The molecular weight excluding hydrogens is 443 g/mol. The van der Waals surface area contributed by atoms with Gasteiger partial charge >= 0.3 is 0 Å². The molecule has 1 amide bonds. The lowest BCUT2D eigenvalue weighted by Gasteiger charge is -2.26. The van der Waals surface area contributed by atoms with E-state index >= 15 is 0 Å². The van der Waals surface area contributed by atoms with Gasteiger partial charge in [-0.1, -0.05) is 24.6 Å². The third-order valence-corrected chi connectivity index (χ3v) is 6.98. The van der Waals surface area contributed by atoms with Crippen LogP contribution in [0, 0.1) is 5.82 Å². The Labute approximate surface area is 205 Å². The number of nitrogens with one attached hydrogen (secondary N) is 1. The Bertz CT molecular complexity index is 1160. The second-order valence-electron chi connectivity index (χ2n) is 9.25. The quantitative estimate of drug-likeness (QED) is 0.456. The predicted octanol–water partition coefficient (Wildman–Crippen LogP) is 5.69. The second-order valence-corrected chi connectivity index (χ2v) is 9.25. The lowest BCUT2D eigenvalue weighted by molar-refractivity contribution is 0.0991. The van der Waals surface area contributed by atoms with E-state index in [9.17, 15) is 9.18 Å². The fourth-order valence-electron chi connectivity index (χ4n) is 5.08. The maximum absolute atomic E-state index is 13.6. The number of carbonyl (C=O) groups excluding carboxylic acids is 1. The first-order chi connectivity index (χ1) is 17.1. The SMILES string of the molecule is COc1ccc2c(c1)C(=O)N(c1ccc(F)cc1)C2Cc1ccc(OCCC2CCCCN2)cc1. The van der Waals surface area contributed by atoms with Crippen molar-refractivity contribution < 1.29 is 18.7 Å². The predicted molar refractivity (Wildman–Crippen MR) is 135 cm³/mol. The summed E-state index contributed by atoms with van der Waals surface area (Å²) in [6, 6.07) is 20.2. The van der Waals surface area contributed by atoms with Gasteiger partial charge < -0.3 is 19.7 Å². The van der Waals surface area contributed by atoms with E-state index in [1.54, 1.807) is 30.2 Å². The minimum Gasteiger partial charge on any atom is -0.497 e. The Kier molecular flexibility index (Phi) is 7.00. The molecule has 2 atom stereocenters. The van der Waals surface area contributed by atoms with Gasteiger partial charge in [0.25, 0.3) is 5.91 Å². The topological polar surface area (TPSA) is 50.8 Å². The fourth-order valence-corrected chi connectivity index (χ4v) is 5.08. The summed E-state index contributed by atoms with van der Waals surface area (Å²) >= 11 is 0. The number of nitrogens with zero attached hydrogens (tertiary/aromatic N) is 1. The molecule has 35 heavy (non-hydrogen) atoms. The van der Waals surface area contributed by atoms with Gasteiger partial charge in [-0.05, 0) is 91.9 Å². The van der Waals surface area contributed by atoms with Crippen LogP contribution in [0.25, 0.3) is 0 Å². The van der Waals surface area contributed by atoms with Gasteiger partial charge in [0.15, 0.2) is 0 Å². The molecule has 0 saturated carbocycles. The average molecular weight is 475 g/mol. The molecule has 2 aliphatic rings. The smallest absolute Gasteiger partial charge is 0.259 e. The highest BCUT2D eigenvalue weighted by molar-refractivity contribution is 6.11. The number of hydrogen-bond acceptors (Lipinski definition) is 4. The summed E-state index contributed by atoms with van der Waals surface area (Å²) in [7, 11) is 1.59. The first-order valence-electron chi connectivity index (χ1n) is 12.3. The van der Waals surface area contributed by atoms with Crippen molar-refractivity contribution >= 4 is 11.6 Å². The van der Waals surface area contributed by atoms with Gasteiger partial charge in [-0.15, -0.1) is 0 Å². The molecule has 0 aromatic heterocycles. The van der Waals surface area contributed by atoms with Gasteiger partial charge in [0.2, 0.25) is 0 Å². The summed E-state index contributed by atoms with van der Waals surface area (Å²) in [5, 5.41) is 3.55. The third-order valence-electron chi connectivity index (χ3n) is 6.98. The summed E-state index contributed by atoms with van der Waals surface area (Å²) in [6.45, 7) is 1.80. The number of anilines is 1. The lowest BCUT2D eigenvalue weighted by Crippen LogP contribution is -2.35. The molecule has 5 rings (SSSR count). The van der Waals surface area contributed by atoms with Crippen LogP contribution in [0.5, 0.6) is 11.5 Å². The molecule has 0 spiro atoms. The van der Waals surface area contributed by atoms with Crippen LogP contribution < -0.4 is 19.7 Å². The molecule has 182 valence electrons. The summed E-state index contributed by atoms with van der Waals surface area (Å²) in [6.07, 6.45) is 5.43. The second kappa shape index (κ2) is 10.5.